The van der Waals surface area contributed by atoms with Crippen LogP contribution in [-0.4, -0.2) is 56.0 Å². The van der Waals surface area contributed by atoms with Gasteiger partial charge in [0.1, 0.15) is 17.3 Å². The van der Waals surface area contributed by atoms with Gasteiger partial charge in [0.15, 0.2) is 0 Å². The molecule has 4 aromatic heterocycles. The molecule has 2 fully saturated rings. The van der Waals surface area contributed by atoms with Gasteiger partial charge in [0.25, 0.3) is 0 Å². The molecule has 6 heterocycles. The number of nitrogens with zero attached hydrogens (tertiary/aromatic N) is 7. The first-order valence-electron chi connectivity index (χ1n) is 12.8. The van der Waals surface area contributed by atoms with Crippen molar-refractivity contribution in [2.75, 3.05) is 36.5 Å². The molecule has 0 amide bonds. The summed E-state index contributed by atoms with van der Waals surface area (Å²) in [5, 5.41) is 10.3. The van der Waals surface area contributed by atoms with Crippen molar-refractivity contribution in [3.63, 3.8) is 0 Å². The Morgan fingerprint density at radius 3 is 2.72 bits per heavy atom. The number of nitrogens with one attached hydrogen (secondary N) is 1. The predicted molar refractivity (Wildman–Crippen MR) is 141 cm³/mol. The second kappa shape index (κ2) is 9.46. The molecule has 0 bridgehead atoms. The van der Waals surface area contributed by atoms with Crippen LogP contribution in [0.3, 0.4) is 0 Å². The average molecular weight is 485 g/mol. The van der Waals surface area contributed by atoms with Crippen molar-refractivity contribution in [1.29, 1.82) is 0 Å². The minimum atomic E-state index is 0.305. The Kier molecular flexibility index (Phi) is 6.00. The molecule has 6 rings (SSSR count). The molecule has 9 heteroatoms. The Bertz CT molecular complexity index is 1380. The molecule has 36 heavy (non-hydrogen) atoms. The van der Waals surface area contributed by atoms with Crippen LogP contribution in [0.2, 0.25) is 0 Å². The van der Waals surface area contributed by atoms with Crippen LogP contribution in [0.5, 0.6) is 0 Å². The van der Waals surface area contributed by atoms with E-state index >= 15 is 0 Å². The van der Waals surface area contributed by atoms with E-state index in [9.17, 15) is 0 Å². The lowest BCUT2D eigenvalue weighted by Crippen LogP contribution is -2.35. The zero-order valence-electron chi connectivity index (χ0n) is 21.1. The van der Waals surface area contributed by atoms with Gasteiger partial charge in [0.2, 0.25) is 5.95 Å². The van der Waals surface area contributed by atoms with Crippen LogP contribution in [0.1, 0.15) is 51.1 Å². The molecule has 2 saturated heterocycles. The fourth-order valence-corrected chi connectivity index (χ4v) is 5.00. The van der Waals surface area contributed by atoms with Crippen molar-refractivity contribution in [2.24, 2.45) is 5.92 Å². The molecule has 0 aliphatic carbocycles. The number of piperidine rings is 1. The third kappa shape index (κ3) is 4.39. The van der Waals surface area contributed by atoms with Gasteiger partial charge in [-0.3, -0.25) is 9.67 Å². The number of rotatable bonds is 6. The Morgan fingerprint density at radius 1 is 1.06 bits per heavy atom. The summed E-state index contributed by atoms with van der Waals surface area (Å²) in [5.74, 6) is 3.24. The molecular weight excluding hydrogens is 452 g/mol. The van der Waals surface area contributed by atoms with E-state index < -0.39 is 0 Å². The summed E-state index contributed by atoms with van der Waals surface area (Å²) in [6.45, 7) is 10.1. The first-order chi connectivity index (χ1) is 17.5. The summed E-state index contributed by atoms with van der Waals surface area (Å²) in [7, 11) is 0. The quantitative estimate of drug-likeness (QED) is 0.411. The van der Waals surface area contributed by atoms with E-state index in [1.807, 2.05) is 41.6 Å². The fraction of sp³-hybridized carbons (Fsp3) is 0.444. The largest absolute Gasteiger partial charge is 0.377 e. The lowest BCUT2D eigenvalue weighted by molar-refractivity contribution is -0.0285. The summed E-state index contributed by atoms with van der Waals surface area (Å²) >= 11 is 0. The van der Waals surface area contributed by atoms with Crippen molar-refractivity contribution < 1.29 is 4.74 Å². The first kappa shape index (κ1) is 22.8. The smallest absolute Gasteiger partial charge is 0.227 e. The van der Waals surface area contributed by atoms with E-state index in [1.165, 1.54) is 18.4 Å². The molecule has 0 aromatic carbocycles. The number of pyridine rings is 2. The summed E-state index contributed by atoms with van der Waals surface area (Å²) in [5.41, 5.74) is 2.87. The van der Waals surface area contributed by atoms with Crippen molar-refractivity contribution in [2.45, 2.75) is 45.6 Å². The first-order valence-corrected chi connectivity index (χ1v) is 12.8. The number of anilines is 3. The Hall–Kier alpha value is -3.59. The normalized spacial score (nSPS) is 18.6. The Balaban J connectivity index is 1.32. The van der Waals surface area contributed by atoms with Crippen molar-refractivity contribution in [1.82, 2.24) is 29.7 Å². The van der Waals surface area contributed by atoms with Gasteiger partial charge in [0.05, 0.1) is 24.9 Å². The van der Waals surface area contributed by atoms with Crippen LogP contribution in [0, 0.1) is 5.92 Å². The molecule has 1 atom stereocenters. The van der Waals surface area contributed by atoms with Crippen LogP contribution < -0.4 is 10.2 Å². The summed E-state index contributed by atoms with van der Waals surface area (Å²) < 4.78 is 7.29. The van der Waals surface area contributed by atoms with Gasteiger partial charge in [-0.1, -0.05) is 20.8 Å². The second-order valence-electron chi connectivity index (χ2n) is 10.3. The van der Waals surface area contributed by atoms with E-state index in [-0.39, 0.29) is 0 Å². The number of ether oxygens (including phenoxy) is 1. The van der Waals surface area contributed by atoms with Crippen LogP contribution in [0.4, 0.5) is 17.6 Å². The van der Waals surface area contributed by atoms with Gasteiger partial charge in [-0.15, -0.1) is 0 Å². The van der Waals surface area contributed by atoms with Gasteiger partial charge < -0.3 is 15.0 Å². The van der Waals surface area contributed by atoms with Crippen molar-refractivity contribution in [3.8, 4) is 11.4 Å². The summed E-state index contributed by atoms with van der Waals surface area (Å²) in [6, 6.07) is 6.31. The number of fused-ring (bicyclic) bond motifs is 1. The predicted octanol–water partition coefficient (Wildman–Crippen LogP) is 4.96. The molecule has 1 N–H and O–H groups in total. The molecule has 2 aliphatic rings. The van der Waals surface area contributed by atoms with E-state index in [0.717, 1.165) is 52.8 Å². The SMILES string of the molecule is CC1CCCN(c2nccc(Nc3cc4c(C(C)C)cnc(-c5ccn(C6COC6)n5)c4cn3)n2)C1. The maximum Gasteiger partial charge on any atom is 0.227 e. The van der Waals surface area contributed by atoms with Gasteiger partial charge in [0, 0.05) is 43.3 Å². The van der Waals surface area contributed by atoms with Gasteiger partial charge in [-0.2, -0.15) is 10.1 Å². The van der Waals surface area contributed by atoms with Crippen molar-refractivity contribution >= 4 is 28.4 Å². The van der Waals surface area contributed by atoms with E-state index in [0.29, 0.717) is 31.1 Å². The van der Waals surface area contributed by atoms with Crippen LogP contribution >= 0.6 is 0 Å². The maximum atomic E-state index is 5.32. The van der Waals surface area contributed by atoms with E-state index in [4.69, 9.17) is 24.8 Å². The van der Waals surface area contributed by atoms with Gasteiger partial charge in [-0.05, 0) is 53.8 Å². The standard InChI is InChI=1S/C27H32N8O/c1-17(2)21-12-30-26(23-7-10-35(33-23)19-15-36-16-19)22-13-29-25(11-20(21)22)31-24-6-8-28-27(32-24)34-9-4-5-18(3)14-34/h6-8,10-13,17-19H,4-5,9,14-16H2,1-3H3,(H,28,29,31,32). The highest BCUT2D eigenvalue weighted by molar-refractivity contribution is 5.96. The number of hydrogen-bond acceptors (Lipinski definition) is 8. The van der Waals surface area contributed by atoms with Gasteiger partial charge >= 0.3 is 0 Å². The number of hydrogen-bond donors (Lipinski definition) is 1. The molecule has 9 nitrogen and oxygen atoms in total. The lowest BCUT2D eigenvalue weighted by Gasteiger charge is -2.30. The van der Waals surface area contributed by atoms with E-state index in [2.05, 4.69) is 42.0 Å². The topological polar surface area (TPSA) is 93.9 Å². The van der Waals surface area contributed by atoms with Gasteiger partial charge in [-0.25, -0.2) is 9.97 Å². The molecule has 186 valence electrons. The average Bonchev–Trinajstić information content (AvgIpc) is 3.31. The van der Waals surface area contributed by atoms with Crippen molar-refractivity contribution in [3.05, 3.63) is 48.5 Å². The minimum absolute atomic E-state index is 0.305. The molecule has 2 aliphatic heterocycles. The zero-order valence-corrected chi connectivity index (χ0v) is 21.1. The highest BCUT2D eigenvalue weighted by Crippen LogP contribution is 2.33. The molecule has 0 spiro atoms. The lowest BCUT2D eigenvalue weighted by atomic mass is 9.97. The fourth-order valence-electron chi connectivity index (χ4n) is 5.00. The Morgan fingerprint density at radius 2 is 1.94 bits per heavy atom. The highest BCUT2D eigenvalue weighted by Gasteiger charge is 2.23. The van der Waals surface area contributed by atoms with Crippen LogP contribution in [-0.2, 0) is 4.74 Å². The zero-order chi connectivity index (χ0) is 24.6. The highest BCUT2D eigenvalue weighted by atomic mass is 16.5. The second-order valence-corrected chi connectivity index (χ2v) is 10.3. The number of aromatic nitrogens is 6. The third-order valence-corrected chi connectivity index (χ3v) is 7.11. The Labute approximate surface area is 211 Å². The van der Waals surface area contributed by atoms with Crippen LogP contribution in [0.15, 0.2) is 43.0 Å². The van der Waals surface area contributed by atoms with E-state index in [1.54, 1.807) is 0 Å². The molecular formula is C27H32N8O. The van der Waals surface area contributed by atoms with Crippen LogP contribution in [0.25, 0.3) is 22.2 Å². The monoisotopic (exact) mass is 484 g/mol. The summed E-state index contributed by atoms with van der Waals surface area (Å²) in [4.78, 5) is 21.1. The molecule has 4 aromatic rings. The third-order valence-electron chi connectivity index (χ3n) is 7.11. The minimum Gasteiger partial charge on any atom is -0.377 e. The molecule has 0 radical (unpaired) electrons. The maximum absolute atomic E-state index is 5.32. The molecule has 1 unspecified atom stereocenters. The summed E-state index contributed by atoms with van der Waals surface area (Å²) in [6.07, 6.45) is 10.1. The molecule has 0 saturated carbocycles.